The quantitative estimate of drug-likeness (QED) is 0.399. The Hall–Kier alpha value is -3.25. The molecule has 12 heteroatoms. The summed E-state index contributed by atoms with van der Waals surface area (Å²) in [6, 6.07) is 7.15. The standard InChI is InChI=1S/C20H19F3N4O4S/c1-12-2-3-13(10-17(12)27(29)30)18(28)25-19(32)24-15-11-14(20(21,22)23)4-5-16(15)26-6-8-31-9-7-26/h2-5,10-11H,6-9H2,1H3,(H2,24,25,28,32). The summed E-state index contributed by atoms with van der Waals surface area (Å²) in [6.45, 7) is 3.34. The highest BCUT2D eigenvalue weighted by molar-refractivity contribution is 7.80. The lowest BCUT2D eigenvalue weighted by Crippen LogP contribution is -2.38. The van der Waals surface area contributed by atoms with E-state index in [1.807, 2.05) is 4.90 Å². The van der Waals surface area contributed by atoms with Gasteiger partial charge in [-0.1, -0.05) is 6.07 Å². The van der Waals surface area contributed by atoms with Crippen molar-refractivity contribution in [3.63, 3.8) is 0 Å². The fourth-order valence-electron chi connectivity index (χ4n) is 3.17. The highest BCUT2D eigenvalue weighted by Gasteiger charge is 2.32. The van der Waals surface area contributed by atoms with Crippen LogP contribution in [0.1, 0.15) is 21.5 Å². The predicted octanol–water partition coefficient (Wildman–Crippen LogP) is 3.89. The van der Waals surface area contributed by atoms with Crippen LogP contribution >= 0.6 is 12.2 Å². The van der Waals surface area contributed by atoms with Gasteiger partial charge in [-0.05, 0) is 43.4 Å². The van der Waals surface area contributed by atoms with Gasteiger partial charge in [-0.2, -0.15) is 13.2 Å². The number of carbonyl (C=O) groups excluding carboxylic acids is 1. The first kappa shape index (κ1) is 23.4. The largest absolute Gasteiger partial charge is 0.416 e. The van der Waals surface area contributed by atoms with Crippen molar-refractivity contribution in [3.05, 3.63) is 63.2 Å². The molecule has 0 aliphatic carbocycles. The number of anilines is 2. The van der Waals surface area contributed by atoms with Crippen molar-refractivity contribution in [2.75, 3.05) is 36.5 Å². The van der Waals surface area contributed by atoms with Gasteiger partial charge in [0.05, 0.1) is 35.1 Å². The van der Waals surface area contributed by atoms with Crippen molar-refractivity contribution < 1.29 is 27.6 Å². The Balaban J connectivity index is 1.82. The second kappa shape index (κ2) is 9.49. The first-order valence-corrected chi connectivity index (χ1v) is 9.88. The molecule has 1 amide bonds. The molecule has 170 valence electrons. The molecule has 1 heterocycles. The van der Waals surface area contributed by atoms with E-state index in [9.17, 15) is 28.1 Å². The molecular weight excluding hydrogens is 449 g/mol. The molecular formula is C20H19F3N4O4S. The number of rotatable bonds is 4. The summed E-state index contributed by atoms with van der Waals surface area (Å²) < 4.78 is 45.0. The highest BCUT2D eigenvalue weighted by Crippen LogP contribution is 2.35. The topological polar surface area (TPSA) is 96.7 Å². The molecule has 2 aromatic rings. The van der Waals surface area contributed by atoms with Crippen molar-refractivity contribution in [3.8, 4) is 0 Å². The summed E-state index contributed by atoms with van der Waals surface area (Å²) in [6.07, 6.45) is -4.56. The third-order valence-corrected chi connectivity index (χ3v) is 5.02. The van der Waals surface area contributed by atoms with E-state index in [0.29, 0.717) is 37.6 Å². The number of nitro groups is 1. The van der Waals surface area contributed by atoms with Gasteiger partial charge in [0.2, 0.25) is 0 Å². The molecule has 1 fully saturated rings. The molecule has 0 radical (unpaired) electrons. The van der Waals surface area contributed by atoms with E-state index < -0.39 is 22.6 Å². The van der Waals surface area contributed by atoms with E-state index >= 15 is 0 Å². The first-order valence-electron chi connectivity index (χ1n) is 9.47. The second-order valence-electron chi connectivity index (χ2n) is 7.00. The van der Waals surface area contributed by atoms with Gasteiger partial charge in [-0.15, -0.1) is 0 Å². The minimum absolute atomic E-state index is 0.0103. The van der Waals surface area contributed by atoms with E-state index in [1.165, 1.54) is 25.1 Å². The Morgan fingerprint density at radius 2 is 1.88 bits per heavy atom. The number of alkyl halides is 3. The molecule has 8 nitrogen and oxygen atoms in total. The Bertz CT molecular complexity index is 1060. The maximum absolute atomic E-state index is 13.2. The van der Waals surface area contributed by atoms with Gasteiger partial charge in [-0.3, -0.25) is 20.2 Å². The maximum atomic E-state index is 13.2. The van der Waals surface area contributed by atoms with Gasteiger partial charge >= 0.3 is 6.18 Å². The number of nitro benzene ring substituents is 1. The SMILES string of the molecule is Cc1ccc(C(=O)NC(=S)Nc2cc(C(F)(F)F)ccc2N2CCOCC2)cc1[N+](=O)[O-]. The van der Waals surface area contributed by atoms with E-state index in [2.05, 4.69) is 10.6 Å². The number of thiocarbonyl (C=S) groups is 1. The van der Waals surface area contributed by atoms with Gasteiger partial charge in [0.15, 0.2) is 5.11 Å². The van der Waals surface area contributed by atoms with E-state index in [1.54, 1.807) is 0 Å². The molecule has 0 bridgehead atoms. The van der Waals surface area contributed by atoms with Crippen LogP contribution in [-0.4, -0.2) is 42.2 Å². The summed E-state index contributed by atoms with van der Waals surface area (Å²) in [4.78, 5) is 24.8. The minimum atomic E-state index is -4.56. The number of hydrogen-bond acceptors (Lipinski definition) is 6. The second-order valence-corrected chi connectivity index (χ2v) is 7.40. The lowest BCUT2D eigenvalue weighted by Gasteiger charge is -2.31. The van der Waals surface area contributed by atoms with Crippen LogP contribution in [0.4, 0.5) is 30.2 Å². The molecule has 1 aliphatic rings. The molecule has 0 spiro atoms. The number of nitrogens with one attached hydrogen (secondary N) is 2. The zero-order chi connectivity index (χ0) is 23.5. The van der Waals surface area contributed by atoms with Gasteiger partial charge < -0.3 is 15.0 Å². The molecule has 0 atom stereocenters. The molecule has 3 rings (SSSR count). The number of aryl methyl sites for hydroxylation is 1. The van der Waals surface area contributed by atoms with Crippen molar-refractivity contribution in [1.82, 2.24) is 5.32 Å². The van der Waals surface area contributed by atoms with Crippen molar-refractivity contribution in [2.24, 2.45) is 0 Å². The molecule has 1 aliphatic heterocycles. The van der Waals surface area contributed by atoms with Crippen LogP contribution in [0.5, 0.6) is 0 Å². The highest BCUT2D eigenvalue weighted by atomic mass is 32.1. The Morgan fingerprint density at radius 3 is 2.50 bits per heavy atom. The molecule has 2 aromatic carbocycles. The summed E-state index contributed by atoms with van der Waals surface area (Å²) >= 11 is 5.12. The zero-order valence-electron chi connectivity index (χ0n) is 16.9. The number of ether oxygens (including phenoxy) is 1. The molecule has 2 N–H and O–H groups in total. The number of morpholine rings is 1. The maximum Gasteiger partial charge on any atom is 0.416 e. The number of amides is 1. The Morgan fingerprint density at radius 1 is 1.19 bits per heavy atom. The zero-order valence-corrected chi connectivity index (χ0v) is 17.7. The van der Waals surface area contributed by atoms with Crippen molar-refractivity contribution in [1.29, 1.82) is 0 Å². The summed E-state index contributed by atoms with van der Waals surface area (Å²) in [5, 5.41) is 15.9. The average Bonchev–Trinajstić information content (AvgIpc) is 2.73. The van der Waals surface area contributed by atoms with Crippen LogP contribution in [0.2, 0.25) is 0 Å². The lowest BCUT2D eigenvalue weighted by atomic mass is 10.1. The third-order valence-electron chi connectivity index (χ3n) is 4.82. The van der Waals surface area contributed by atoms with Gasteiger partial charge in [-0.25, -0.2) is 0 Å². The third kappa shape index (κ3) is 5.51. The minimum Gasteiger partial charge on any atom is -0.378 e. The normalized spacial score (nSPS) is 14.1. The number of carbonyl (C=O) groups is 1. The van der Waals surface area contributed by atoms with Crippen LogP contribution < -0.4 is 15.5 Å². The van der Waals surface area contributed by atoms with Gasteiger partial charge in [0, 0.05) is 30.3 Å². The molecule has 1 saturated heterocycles. The monoisotopic (exact) mass is 468 g/mol. The van der Waals surface area contributed by atoms with Gasteiger partial charge in [0.25, 0.3) is 11.6 Å². The molecule has 32 heavy (non-hydrogen) atoms. The number of benzene rings is 2. The fourth-order valence-corrected chi connectivity index (χ4v) is 3.37. The predicted molar refractivity (Wildman–Crippen MR) is 116 cm³/mol. The van der Waals surface area contributed by atoms with E-state index in [-0.39, 0.29) is 22.1 Å². The van der Waals surface area contributed by atoms with Crippen LogP contribution in [0.25, 0.3) is 0 Å². The first-order chi connectivity index (χ1) is 15.1. The lowest BCUT2D eigenvalue weighted by molar-refractivity contribution is -0.385. The molecule has 0 saturated carbocycles. The van der Waals surface area contributed by atoms with Crippen LogP contribution in [-0.2, 0) is 10.9 Å². The van der Waals surface area contributed by atoms with E-state index in [4.69, 9.17) is 17.0 Å². The van der Waals surface area contributed by atoms with Crippen molar-refractivity contribution in [2.45, 2.75) is 13.1 Å². The molecule has 0 aromatic heterocycles. The average molecular weight is 468 g/mol. The number of nitrogens with zero attached hydrogens (tertiary/aromatic N) is 2. The van der Waals surface area contributed by atoms with Crippen LogP contribution in [0.3, 0.4) is 0 Å². The molecule has 0 unspecified atom stereocenters. The van der Waals surface area contributed by atoms with Crippen LogP contribution in [0, 0.1) is 17.0 Å². The summed E-state index contributed by atoms with van der Waals surface area (Å²) in [5.74, 6) is -0.731. The summed E-state index contributed by atoms with van der Waals surface area (Å²) in [7, 11) is 0. The van der Waals surface area contributed by atoms with Gasteiger partial charge in [0.1, 0.15) is 0 Å². The Kier molecular flexibility index (Phi) is 6.94. The number of hydrogen-bond donors (Lipinski definition) is 2. The fraction of sp³-hybridized carbons (Fsp3) is 0.300. The van der Waals surface area contributed by atoms with E-state index in [0.717, 1.165) is 18.2 Å². The van der Waals surface area contributed by atoms with Crippen molar-refractivity contribution >= 4 is 40.3 Å². The number of halogens is 3. The Labute approximate surface area is 186 Å². The summed E-state index contributed by atoms with van der Waals surface area (Å²) in [5.41, 5.74) is -0.189. The van der Waals surface area contributed by atoms with Crippen LogP contribution in [0.15, 0.2) is 36.4 Å². The smallest absolute Gasteiger partial charge is 0.378 e.